The minimum Gasteiger partial charge on any atom is -0.497 e. The summed E-state index contributed by atoms with van der Waals surface area (Å²) in [5.74, 6) is 1.64. The zero-order valence-electron chi connectivity index (χ0n) is 11.4. The summed E-state index contributed by atoms with van der Waals surface area (Å²) in [6, 6.07) is 7.64. The third-order valence-electron chi connectivity index (χ3n) is 3.02. The monoisotopic (exact) mass is 263 g/mol. The van der Waals surface area contributed by atoms with Gasteiger partial charge in [0.1, 0.15) is 18.1 Å². The highest BCUT2D eigenvalue weighted by atomic mass is 16.5. The number of morpholine rings is 1. The molecule has 19 heavy (non-hydrogen) atoms. The summed E-state index contributed by atoms with van der Waals surface area (Å²) in [5, 5.41) is 0. The first-order valence-electron chi connectivity index (χ1n) is 6.60. The van der Waals surface area contributed by atoms with Crippen LogP contribution in [0.4, 0.5) is 0 Å². The topological polar surface area (TPSA) is 30.9 Å². The number of methoxy groups -OCH3 is 1. The highest BCUT2D eigenvalue weighted by Crippen LogP contribution is 2.18. The second-order valence-corrected chi connectivity index (χ2v) is 4.37. The van der Waals surface area contributed by atoms with Crippen molar-refractivity contribution in [3.63, 3.8) is 0 Å². The average molecular weight is 263 g/mol. The summed E-state index contributed by atoms with van der Waals surface area (Å²) < 4.78 is 16.1. The van der Waals surface area contributed by atoms with Crippen LogP contribution in [0, 0.1) is 0 Å². The van der Waals surface area contributed by atoms with Crippen LogP contribution in [0.2, 0.25) is 0 Å². The fourth-order valence-corrected chi connectivity index (χ4v) is 1.91. The molecule has 104 valence electrons. The Labute approximate surface area is 114 Å². The van der Waals surface area contributed by atoms with Crippen molar-refractivity contribution in [1.82, 2.24) is 4.90 Å². The van der Waals surface area contributed by atoms with Gasteiger partial charge in [-0.25, -0.2) is 0 Å². The van der Waals surface area contributed by atoms with Crippen LogP contribution in [0.25, 0.3) is 0 Å². The van der Waals surface area contributed by atoms with E-state index in [-0.39, 0.29) is 0 Å². The molecule has 1 saturated heterocycles. The maximum Gasteiger partial charge on any atom is 0.123 e. The lowest BCUT2D eigenvalue weighted by molar-refractivity contribution is 0.0434. The Balaban J connectivity index is 1.67. The van der Waals surface area contributed by atoms with E-state index in [1.807, 2.05) is 24.3 Å². The molecule has 4 nitrogen and oxygen atoms in total. The van der Waals surface area contributed by atoms with E-state index in [2.05, 4.69) is 17.1 Å². The molecule has 0 aromatic heterocycles. The van der Waals surface area contributed by atoms with Gasteiger partial charge in [-0.05, 0) is 12.1 Å². The fourth-order valence-electron chi connectivity index (χ4n) is 1.91. The molecule has 0 bridgehead atoms. The smallest absolute Gasteiger partial charge is 0.123 e. The first kappa shape index (κ1) is 13.9. The van der Waals surface area contributed by atoms with E-state index in [1.54, 1.807) is 7.11 Å². The average Bonchev–Trinajstić information content (AvgIpc) is 2.48. The van der Waals surface area contributed by atoms with E-state index in [0.29, 0.717) is 6.61 Å². The van der Waals surface area contributed by atoms with Crippen LogP contribution in [0.1, 0.15) is 0 Å². The Morgan fingerprint density at radius 1 is 1.21 bits per heavy atom. The number of ether oxygens (including phenoxy) is 3. The largest absolute Gasteiger partial charge is 0.497 e. The number of nitrogens with zero attached hydrogens (tertiary/aromatic N) is 1. The van der Waals surface area contributed by atoms with E-state index >= 15 is 0 Å². The second-order valence-electron chi connectivity index (χ2n) is 4.37. The minimum atomic E-state index is 0.581. The molecular formula is C15H21NO3. The molecular weight excluding hydrogens is 242 g/mol. The molecule has 0 unspecified atom stereocenters. The predicted octanol–water partition coefficient (Wildman–Crippen LogP) is 1.96. The minimum absolute atomic E-state index is 0.581. The van der Waals surface area contributed by atoms with Crippen molar-refractivity contribution < 1.29 is 14.2 Å². The maximum atomic E-state index is 5.63. The molecule has 0 aliphatic carbocycles. The number of hydrogen-bond acceptors (Lipinski definition) is 4. The molecule has 0 atom stereocenters. The Hall–Kier alpha value is -1.52. The molecule has 2 rings (SSSR count). The Kier molecular flexibility index (Phi) is 5.72. The molecule has 1 heterocycles. The zero-order valence-corrected chi connectivity index (χ0v) is 11.4. The van der Waals surface area contributed by atoms with Gasteiger partial charge < -0.3 is 14.2 Å². The standard InChI is InChI=1S/C15H21NO3/c1-17-14-5-4-6-15(13-14)19-10-3-2-7-16-8-11-18-12-9-16/h2-6,13H,7-12H2,1H3/b3-2+. The third-order valence-corrected chi connectivity index (χ3v) is 3.02. The van der Waals surface area contributed by atoms with Gasteiger partial charge in [0, 0.05) is 25.7 Å². The van der Waals surface area contributed by atoms with Gasteiger partial charge in [-0.2, -0.15) is 0 Å². The molecule has 0 spiro atoms. The van der Waals surface area contributed by atoms with Crippen LogP contribution < -0.4 is 9.47 Å². The van der Waals surface area contributed by atoms with Gasteiger partial charge in [0.25, 0.3) is 0 Å². The van der Waals surface area contributed by atoms with Crippen molar-refractivity contribution in [1.29, 1.82) is 0 Å². The van der Waals surface area contributed by atoms with Crippen LogP contribution in [0.5, 0.6) is 11.5 Å². The van der Waals surface area contributed by atoms with Gasteiger partial charge in [-0.3, -0.25) is 4.90 Å². The summed E-state index contributed by atoms with van der Waals surface area (Å²) in [4.78, 5) is 2.37. The lowest BCUT2D eigenvalue weighted by Gasteiger charge is -2.25. The quantitative estimate of drug-likeness (QED) is 0.734. The molecule has 1 aliphatic rings. The van der Waals surface area contributed by atoms with Gasteiger partial charge in [-0.1, -0.05) is 18.2 Å². The van der Waals surface area contributed by atoms with E-state index < -0.39 is 0 Å². The lowest BCUT2D eigenvalue weighted by atomic mass is 10.3. The zero-order chi connectivity index (χ0) is 13.3. The SMILES string of the molecule is COc1cccc(OC/C=C/CN2CCOCC2)c1. The summed E-state index contributed by atoms with van der Waals surface area (Å²) in [6.07, 6.45) is 4.19. The molecule has 0 saturated carbocycles. The highest BCUT2D eigenvalue weighted by Gasteiger charge is 2.07. The van der Waals surface area contributed by atoms with Gasteiger partial charge in [0.05, 0.1) is 20.3 Å². The molecule has 1 aromatic carbocycles. The number of rotatable bonds is 6. The number of hydrogen-bond donors (Lipinski definition) is 0. The molecule has 4 heteroatoms. The van der Waals surface area contributed by atoms with Crippen molar-refractivity contribution >= 4 is 0 Å². The van der Waals surface area contributed by atoms with E-state index in [9.17, 15) is 0 Å². The first-order valence-corrected chi connectivity index (χ1v) is 6.60. The Morgan fingerprint density at radius 3 is 2.79 bits per heavy atom. The summed E-state index contributed by atoms with van der Waals surface area (Å²) in [5.41, 5.74) is 0. The molecule has 1 aliphatic heterocycles. The summed E-state index contributed by atoms with van der Waals surface area (Å²) in [6.45, 7) is 5.26. The van der Waals surface area contributed by atoms with E-state index in [1.165, 1.54) is 0 Å². The molecule has 1 aromatic rings. The summed E-state index contributed by atoms with van der Waals surface area (Å²) in [7, 11) is 1.65. The van der Waals surface area contributed by atoms with Gasteiger partial charge in [0.2, 0.25) is 0 Å². The third kappa shape index (κ3) is 4.93. The Bertz CT molecular complexity index is 400. The normalized spacial score (nSPS) is 16.7. The fraction of sp³-hybridized carbons (Fsp3) is 0.467. The van der Waals surface area contributed by atoms with Crippen molar-refractivity contribution in [3.05, 3.63) is 36.4 Å². The summed E-state index contributed by atoms with van der Waals surface area (Å²) >= 11 is 0. The highest BCUT2D eigenvalue weighted by molar-refractivity contribution is 5.32. The van der Waals surface area contributed by atoms with Crippen LogP contribution in [0.3, 0.4) is 0 Å². The lowest BCUT2D eigenvalue weighted by Crippen LogP contribution is -2.36. The van der Waals surface area contributed by atoms with Crippen LogP contribution >= 0.6 is 0 Å². The van der Waals surface area contributed by atoms with Crippen LogP contribution in [-0.4, -0.2) is 51.5 Å². The van der Waals surface area contributed by atoms with Gasteiger partial charge in [-0.15, -0.1) is 0 Å². The Morgan fingerprint density at radius 2 is 2.00 bits per heavy atom. The van der Waals surface area contributed by atoms with Crippen LogP contribution in [0.15, 0.2) is 36.4 Å². The van der Waals surface area contributed by atoms with Crippen molar-refractivity contribution in [2.75, 3.05) is 46.6 Å². The van der Waals surface area contributed by atoms with E-state index in [0.717, 1.165) is 44.3 Å². The molecule has 0 amide bonds. The van der Waals surface area contributed by atoms with Crippen molar-refractivity contribution in [3.8, 4) is 11.5 Å². The van der Waals surface area contributed by atoms with E-state index in [4.69, 9.17) is 14.2 Å². The predicted molar refractivity (Wildman–Crippen MR) is 74.9 cm³/mol. The maximum absolute atomic E-state index is 5.63. The molecule has 1 fully saturated rings. The second kappa shape index (κ2) is 7.81. The van der Waals surface area contributed by atoms with Crippen molar-refractivity contribution in [2.24, 2.45) is 0 Å². The van der Waals surface area contributed by atoms with Crippen LogP contribution in [-0.2, 0) is 4.74 Å². The van der Waals surface area contributed by atoms with Gasteiger partial charge in [0.15, 0.2) is 0 Å². The molecule has 0 N–H and O–H groups in total. The van der Waals surface area contributed by atoms with Gasteiger partial charge >= 0.3 is 0 Å². The number of benzene rings is 1. The van der Waals surface area contributed by atoms with Crippen molar-refractivity contribution in [2.45, 2.75) is 0 Å². The first-order chi connectivity index (χ1) is 9.38. The molecule has 0 radical (unpaired) electrons.